The van der Waals surface area contributed by atoms with Crippen LogP contribution in [0.25, 0.3) is 6.08 Å². The van der Waals surface area contributed by atoms with E-state index in [0.29, 0.717) is 11.5 Å². The number of hydrogen-bond donors (Lipinski definition) is 1. The number of carbonyl (C=O) groups excluding carboxylic acids is 3. The van der Waals surface area contributed by atoms with Gasteiger partial charge in [-0.25, -0.2) is 4.79 Å². The molecule has 0 saturated heterocycles. The van der Waals surface area contributed by atoms with Crippen LogP contribution in [0, 0.1) is 0 Å². The molecule has 2 aromatic rings. The van der Waals surface area contributed by atoms with E-state index in [1.165, 1.54) is 13.0 Å². The summed E-state index contributed by atoms with van der Waals surface area (Å²) in [6.07, 6.45) is 2.95. The normalized spacial score (nSPS) is 11.9. The van der Waals surface area contributed by atoms with Gasteiger partial charge in [0.25, 0.3) is 0 Å². The molecule has 158 valence electrons. The SMILES string of the molecule is COc1ccc(/C=C/C(=O)NC(C)C(=O)OCC(=O)c2ccc(C(C)C)cc2)cc1. The maximum atomic E-state index is 12.2. The zero-order valence-corrected chi connectivity index (χ0v) is 17.7. The first kappa shape index (κ1) is 22.9. The minimum absolute atomic E-state index is 0.295. The van der Waals surface area contributed by atoms with Crippen LogP contribution in [0.4, 0.5) is 0 Å². The number of hydrogen-bond acceptors (Lipinski definition) is 5. The Morgan fingerprint density at radius 2 is 1.60 bits per heavy atom. The number of methoxy groups -OCH3 is 1. The molecule has 2 rings (SSSR count). The van der Waals surface area contributed by atoms with Crippen LogP contribution in [-0.2, 0) is 14.3 Å². The lowest BCUT2D eigenvalue weighted by molar-refractivity contribution is -0.145. The number of rotatable bonds is 9. The summed E-state index contributed by atoms with van der Waals surface area (Å²) in [5, 5.41) is 2.52. The summed E-state index contributed by atoms with van der Waals surface area (Å²) in [5.41, 5.74) is 2.42. The number of carbonyl (C=O) groups is 3. The standard InChI is InChI=1S/C24H27NO5/c1-16(2)19-8-10-20(11-9-19)22(26)15-30-24(28)17(3)25-23(27)14-7-18-5-12-21(29-4)13-6-18/h5-14,16-17H,15H2,1-4H3,(H,25,27)/b14-7+. The number of nitrogens with one attached hydrogen (secondary N) is 1. The first-order valence-electron chi connectivity index (χ1n) is 9.72. The molecule has 2 aromatic carbocycles. The van der Waals surface area contributed by atoms with E-state index in [-0.39, 0.29) is 12.4 Å². The van der Waals surface area contributed by atoms with Crippen LogP contribution >= 0.6 is 0 Å². The molecule has 1 amide bonds. The number of Topliss-reactive ketones (excluding diaryl/α,β-unsaturated/α-hetero) is 1. The molecule has 0 aromatic heterocycles. The molecule has 1 N–H and O–H groups in total. The molecule has 0 fully saturated rings. The summed E-state index contributed by atoms with van der Waals surface area (Å²) in [5.74, 6) is -0.315. The van der Waals surface area contributed by atoms with Crippen molar-refractivity contribution in [1.29, 1.82) is 0 Å². The minimum atomic E-state index is -0.880. The number of esters is 1. The lowest BCUT2D eigenvalue weighted by Crippen LogP contribution is -2.39. The van der Waals surface area contributed by atoms with E-state index in [1.54, 1.807) is 49.6 Å². The van der Waals surface area contributed by atoms with Crippen LogP contribution in [0.2, 0.25) is 0 Å². The molecule has 0 saturated carbocycles. The second-order valence-corrected chi connectivity index (χ2v) is 7.14. The summed E-state index contributed by atoms with van der Waals surface area (Å²) in [4.78, 5) is 36.3. The van der Waals surface area contributed by atoms with E-state index in [1.807, 2.05) is 12.1 Å². The van der Waals surface area contributed by atoms with Crippen LogP contribution in [0.15, 0.2) is 54.6 Å². The summed E-state index contributed by atoms with van der Waals surface area (Å²) in [6, 6.07) is 13.5. The fourth-order valence-corrected chi connectivity index (χ4v) is 2.61. The van der Waals surface area contributed by atoms with Crippen molar-refractivity contribution in [3.63, 3.8) is 0 Å². The monoisotopic (exact) mass is 409 g/mol. The van der Waals surface area contributed by atoms with Gasteiger partial charge in [-0.1, -0.05) is 50.2 Å². The molecule has 6 nitrogen and oxygen atoms in total. The van der Waals surface area contributed by atoms with Gasteiger partial charge in [-0.3, -0.25) is 9.59 Å². The van der Waals surface area contributed by atoms with Gasteiger partial charge in [0, 0.05) is 11.6 Å². The molecule has 0 aliphatic heterocycles. The molecular formula is C24H27NO5. The Morgan fingerprint density at radius 1 is 0.967 bits per heavy atom. The topological polar surface area (TPSA) is 81.7 Å². The number of benzene rings is 2. The molecular weight excluding hydrogens is 382 g/mol. The number of ether oxygens (including phenoxy) is 2. The molecule has 0 aliphatic carbocycles. The van der Waals surface area contributed by atoms with Gasteiger partial charge >= 0.3 is 5.97 Å². The lowest BCUT2D eigenvalue weighted by Gasteiger charge is -2.12. The van der Waals surface area contributed by atoms with Crippen molar-refractivity contribution in [2.75, 3.05) is 13.7 Å². The summed E-state index contributed by atoms with van der Waals surface area (Å²) < 4.78 is 10.1. The average Bonchev–Trinajstić information content (AvgIpc) is 2.76. The highest BCUT2D eigenvalue weighted by atomic mass is 16.5. The minimum Gasteiger partial charge on any atom is -0.497 e. The van der Waals surface area contributed by atoms with Crippen molar-refractivity contribution in [3.05, 3.63) is 71.3 Å². The zero-order valence-electron chi connectivity index (χ0n) is 17.7. The molecule has 1 atom stereocenters. The molecule has 1 unspecified atom stereocenters. The molecule has 6 heteroatoms. The Hall–Kier alpha value is -3.41. The van der Waals surface area contributed by atoms with Crippen LogP contribution in [0.1, 0.15) is 48.2 Å². The third-order valence-electron chi connectivity index (χ3n) is 4.50. The summed E-state index contributed by atoms with van der Waals surface area (Å²) >= 11 is 0. The maximum absolute atomic E-state index is 12.2. The van der Waals surface area contributed by atoms with Gasteiger partial charge < -0.3 is 14.8 Å². The molecule has 30 heavy (non-hydrogen) atoms. The van der Waals surface area contributed by atoms with Crippen molar-refractivity contribution in [2.45, 2.75) is 32.7 Å². The number of amides is 1. The molecule has 0 bridgehead atoms. The maximum Gasteiger partial charge on any atom is 0.328 e. The van der Waals surface area contributed by atoms with Crippen molar-refractivity contribution < 1.29 is 23.9 Å². The van der Waals surface area contributed by atoms with Gasteiger partial charge in [-0.15, -0.1) is 0 Å². The predicted molar refractivity (Wildman–Crippen MR) is 115 cm³/mol. The Morgan fingerprint density at radius 3 is 2.17 bits per heavy atom. The van der Waals surface area contributed by atoms with E-state index < -0.39 is 17.9 Å². The number of ketones is 1. The molecule has 0 heterocycles. The van der Waals surface area contributed by atoms with Crippen molar-refractivity contribution in [3.8, 4) is 5.75 Å². The first-order valence-corrected chi connectivity index (χ1v) is 9.72. The van der Waals surface area contributed by atoms with Gasteiger partial charge in [-0.2, -0.15) is 0 Å². The highest BCUT2D eigenvalue weighted by Crippen LogP contribution is 2.15. The fraction of sp³-hybridized carbons (Fsp3) is 0.292. The molecule has 0 spiro atoms. The quantitative estimate of drug-likeness (QED) is 0.387. The Balaban J connectivity index is 1.80. The molecule has 0 aliphatic rings. The van der Waals surface area contributed by atoms with Gasteiger partial charge in [0.2, 0.25) is 5.91 Å². The van der Waals surface area contributed by atoms with E-state index in [0.717, 1.165) is 16.9 Å². The van der Waals surface area contributed by atoms with Crippen molar-refractivity contribution >= 4 is 23.7 Å². The van der Waals surface area contributed by atoms with Gasteiger partial charge in [0.15, 0.2) is 12.4 Å². The predicted octanol–water partition coefficient (Wildman–Crippen LogP) is 3.76. The van der Waals surface area contributed by atoms with Crippen LogP contribution in [0.3, 0.4) is 0 Å². The Bertz CT molecular complexity index is 898. The fourth-order valence-electron chi connectivity index (χ4n) is 2.61. The second-order valence-electron chi connectivity index (χ2n) is 7.14. The lowest BCUT2D eigenvalue weighted by atomic mass is 10.0. The average molecular weight is 409 g/mol. The first-order chi connectivity index (χ1) is 14.3. The highest BCUT2D eigenvalue weighted by Gasteiger charge is 2.18. The van der Waals surface area contributed by atoms with Crippen LogP contribution in [0.5, 0.6) is 5.75 Å². The Labute approximate surface area is 176 Å². The van der Waals surface area contributed by atoms with E-state index in [4.69, 9.17) is 9.47 Å². The summed E-state index contributed by atoms with van der Waals surface area (Å²) in [6.45, 7) is 5.27. The van der Waals surface area contributed by atoms with Crippen LogP contribution in [-0.4, -0.2) is 37.4 Å². The van der Waals surface area contributed by atoms with Crippen molar-refractivity contribution in [2.24, 2.45) is 0 Å². The molecule has 0 radical (unpaired) electrons. The van der Waals surface area contributed by atoms with Crippen LogP contribution < -0.4 is 10.1 Å². The second kappa shape index (κ2) is 11.0. The smallest absolute Gasteiger partial charge is 0.328 e. The van der Waals surface area contributed by atoms with Crippen molar-refractivity contribution in [1.82, 2.24) is 5.32 Å². The van der Waals surface area contributed by atoms with Gasteiger partial charge in [0.1, 0.15) is 11.8 Å². The van der Waals surface area contributed by atoms with E-state index in [2.05, 4.69) is 19.2 Å². The largest absolute Gasteiger partial charge is 0.497 e. The highest BCUT2D eigenvalue weighted by molar-refractivity contribution is 5.98. The Kier molecular flexibility index (Phi) is 8.35. The third-order valence-corrected chi connectivity index (χ3v) is 4.50. The van der Waals surface area contributed by atoms with E-state index in [9.17, 15) is 14.4 Å². The third kappa shape index (κ3) is 6.88. The van der Waals surface area contributed by atoms with E-state index >= 15 is 0 Å². The zero-order chi connectivity index (χ0) is 22.1. The van der Waals surface area contributed by atoms with Gasteiger partial charge in [0.05, 0.1) is 7.11 Å². The van der Waals surface area contributed by atoms with Gasteiger partial charge in [-0.05, 0) is 42.2 Å². The summed E-state index contributed by atoms with van der Waals surface area (Å²) in [7, 11) is 1.58.